The predicted molar refractivity (Wildman–Crippen MR) is 149 cm³/mol. The van der Waals surface area contributed by atoms with E-state index >= 15 is 0 Å². The van der Waals surface area contributed by atoms with Crippen molar-refractivity contribution < 1.29 is 23.9 Å². The topological polar surface area (TPSA) is 96.0 Å². The van der Waals surface area contributed by atoms with Crippen molar-refractivity contribution in [3.05, 3.63) is 89.0 Å². The second kappa shape index (κ2) is 10.6. The fraction of sp³-hybridized carbons (Fsp3) is 0.312. The van der Waals surface area contributed by atoms with Crippen LogP contribution in [-0.4, -0.2) is 58.7 Å². The Morgan fingerprint density at radius 3 is 2.42 bits per heavy atom. The first-order chi connectivity index (χ1) is 19.4. The van der Waals surface area contributed by atoms with Crippen molar-refractivity contribution in [1.82, 2.24) is 15.1 Å². The standard InChI is InChI=1S/C32H31N3O5/c1-20-5-2-8-24(17-20)40-23-13-15-34(16-14-23)31(38)22-7-3-6-21(18-22)25-9-4-10-26-27(25)19-35(32(26)39)28-11-12-29(36)33-30(28)37/h2-10,17-18,23,28H,11-16,19H2,1H3,(H,33,36,37). The van der Waals surface area contributed by atoms with Gasteiger partial charge in [-0.3, -0.25) is 24.5 Å². The van der Waals surface area contributed by atoms with Crippen LogP contribution in [0.5, 0.6) is 5.75 Å². The lowest BCUT2D eigenvalue weighted by Gasteiger charge is -2.32. The number of aryl methyl sites for hydroxylation is 1. The number of likely N-dealkylation sites (tertiary alicyclic amines) is 1. The van der Waals surface area contributed by atoms with Gasteiger partial charge in [-0.25, -0.2) is 0 Å². The average Bonchev–Trinajstić information content (AvgIpc) is 3.29. The average molecular weight is 538 g/mol. The van der Waals surface area contributed by atoms with Crippen molar-refractivity contribution in [1.29, 1.82) is 0 Å². The first-order valence-corrected chi connectivity index (χ1v) is 13.8. The lowest BCUT2D eigenvalue weighted by molar-refractivity contribution is -0.136. The molecule has 8 nitrogen and oxygen atoms in total. The van der Waals surface area contributed by atoms with Gasteiger partial charge in [-0.2, -0.15) is 0 Å². The van der Waals surface area contributed by atoms with Gasteiger partial charge in [0.05, 0.1) is 0 Å². The monoisotopic (exact) mass is 537 g/mol. The van der Waals surface area contributed by atoms with E-state index in [1.807, 2.05) is 72.5 Å². The van der Waals surface area contributed by atoms with Crippen molar-refractivity contribution in [2.24, 2.45) is 0 Å². The van der Waals surface area contributed by atoms with Crippen LogP contribution in [0.3, 0.4) is 0 Å². The van der Waals surface area contributed by atoms with E-state index in [0.29, 0.717) is 30.6 Å². The van der Waals surface area contributed by atoms with Crippen molar-refractivity contribution >= 4 is 23.6 Å². The summed E-state index contributed by atoms with van der Waals surface area (Å²) >= 11 is 0. The number of ether oxygens (including phenoxy) is 1. The number of amides is 4. The van der Waals surface area contributed by atoms with Crippen LogP contribution in [-0.2, 0) is 16.1 Å². The molecular weight excluding hydrogens is 506 g/mol. The van der Waals surface area contributed by atoms with Gasteiger partial charge in [0, 0.05) is 50.0 Å². The summed E-state index contributed by atoms with van der Waals surface area (Å²) in [6.45, 7) is 3.56. The molecule has 3 aromatic rings. The third-order valence-corrected chi connectivity index (χ3v) is 8.02. The van der Waals surface area contributed by atoms with Gasteiger partial charge >= 0.3 is 0 Å². The van der Waals surface area contributed by atoms with Crippen LogP contribution in [0.25, 0.3) is 11.1 Å². The van der Waals surface area contributed by atoms with Crippen LogP contribution in [0, 0.1) is 6.92 Å². The fourth-order valence-electron chi connectivity index (χ4n) is 5.92. The van der Waals surface area contributed by atoms with Gasteiger partial charge in [0.2, 0.25) is 11.8 Å². The molecule has 204 valence electrons. The highest BCUT2D eigenvalue weighted by Crippen LogP contribution is 2.35. The molecule has 2 saturated heterocycles. The summed E-state index contributed by atoms with van der Waals surface area (Å²) in [5.41, 5.74) is 4.84. The molecule has 40 heavy (non-hydrogen) atoms. The molecule has 0 saturated carbocycles. The van der Waals surface area contributed by atoms with Crippen molar-refractivity contribution in [2.75, 3.05) is 13.1 Å². The molecule has 8 heteroatoms. The lowest BCUT2D eigenvalue weighted by Crippen LogP contribution is -2.52. The third-order valence-electron chi connectivity index (χ3n) is 8.02. The maximum Gasteiger partial charge on any atom is 0.255 e. The number of rotatable bonds is 5. The van der Waals surface area contributed by atoms with E-state index in [2.05, 4.69) is 5.32 Å². The van der Waals surface area contributed by atoms with E-state index in [-0.39, 0.29) is 36.8 Å². The number of carbonyl (C=O) groups is 4. The second-order valence-corrected chi connectivity index (χ2v) is 10.7. The zero-order valence-electron chi connectivity index (χ0n) is 22.4. The molecule has 0 aliphatic carbocycles. The molecule has 1 N–H and O–H groups in total. The first-order valence-electron chi connectivity index (χ1n) is 13.8. The molecular formula is C32H31N3O5. The molecule has 6 rings (SSSR count). The lowest BCUT2D eigenvalue weighted by atomic mass is 9.95. The number of carbonyl (C=O) groups excluding carboxylic acids is 4. The Morgan fingerprint density at radius 2 is 1.65 bits per heavy atom. The van der Waals surface area contributed by atoms with Gasteiger partial charge in [0.25, 0.3) is 11.8 Å². The number of piperidine rings is 2. The Balaban J connectivity index is 1.16. The van der Waals surface area contributed by atoms with E-state index in [0.717, 1.165) is 40.8 Å². The molecule has 1 atom stereocenters. The Labute approximate surface area is 232 Å². The number of benzene rings is 3. The smallest absolute Gasteiger partial charge is 0.255 e. The van der Waals surface area contributed by atoms with Crippen LogP contribution in [0.15, 0.2) is 66.7 Å². The SMILES string of the molecule is Cc1cccc(OC2CCN(C(=O)c3cccc(-c4cccc5c4CN(C4CCC(=O)NC4=O)C5=O)c3)CC2)c1. The Hall–Kier alpha value is -4.46. The van der Waals surface area contributed by atoms with Crippen molar-refractivity contribution in [2.45, 2.75) is 51.3 Å². The van der Waals surface area contributed by atoms with Crippen molar-refractivity contribution in [3.63, 3.8) is 0 Å². The quantitative estimate of drug-likeness (QED) is 0.495. The van der Waals surface area contributed by atoms with Gasteiger partial charge < -0.3 is 14.5 Å². The molecule has 3 aliphatic rings. The zero-order chi connectivity index (χ0) is 27.8. The van der Waals surface area contributed by atoms with Crippen molar-refractivity contribution in [3.8, 4) is 16.9 Å². The van der Waals surface area contributed by atoms with E-state index < -0.39 is 11.9 Å². The summed E-state index contributed by atoms with van der Waals surface area (Å²) in [5, 5.41) is 2.35. The number of imide groups is 1. The number of hydrogen-bond acceptors (Lipinski definition) is 5. The van der Waals surface area contributed by atoms with E-state index in [9.17, 15) is 19.2 Å². The molecule has 0 spiro atoms. The molecule has 2 fully saturated rings. The van der Waals surface area contributed by atoms with Crippen LogP contribution in [0.1, 0.15) is 57.5 Å². The molecule has 3 heterocycles. The number of nitrogens with zero attached hydrogens (tertiary/aromatic N) is 2. The molecule has 4 amide bonds. The summed E-state index contributed by atoms with van der Waals surface area (Å²) in [6.07, 6.45) is 2.14. The molecule has 0 radical (unpaired) electrons. The third kappa shape index (κ3) is 4.97. The summed E-state index contributed by atoms with van der Waals surface area (Å²) in [6, 6.07) is 20.4. The fourth-order valence-corrected chi connectivity index (χ4v) is 5.92. The highest BCUT2D eigenvalue weighted by molar-refractivity contribution is 6.06. The van der Waals surface area contributed by atoms with E-state index in [1.165, 1.54) is 0 Å². The summed E-state index contributed by atoms with van der Waals surface area (Å²) in [7, 11) is 0. The van der Waals surface area contributed by atoms with Crippen LogP contribution >= 0.6 is 0 Å². The number of nitrogens with one attached hydrogen (secondary N) is 1. The largest absolute Gasteiger partial charge is 0.490 e. The second-order valence-electron chi connectivity index (χ2n) is 10.7. The normalized spacial score (nSPS) is 19.4. The Bertz CT molecular complexity index is 1510. The summed E-state index contributed by atoms with van der Waals surface area (Å²) in [5.74, 6) is -0.114. The van der Waals surface area contributed by atoms with Gasteiger partial charge in [0.15, 0.2) is 0 Å². The Kier molecular flexibility index (Phi) is 6.84. The maximum atomic E-state index is 13.5. The van der Waals surface area contributed by atoms with Crippen LogP contribution < -0.4 is 10.1 Å². The van der Waals surface area contributed by atoms with Gasteiger partial charge in [-0.05, 0) is 65.9 Å². The van der Waals surface area contributed by atoms with E-state index in [4.69, 9.17) is 4.74 Å². The predicted octanol–water partition coefficient (Wildman–Crippen LogP) is 4.11. The highest BCUT2D eigenvalue weighted by Gasteiger charge is 2.40. The van der Waals surface area contributed by atoms with Gasteiger partial charge in [-0.1, -0.05) is 36.4 Å². The summed E-state index contributed by atoms with van der Waals surface area (Å²) < 4.78 is 6.15. The maximum absolute atomic E-state index is 13.5. The molecule has 0 aromatic heterocycles. The number of fused-ring (bicyclic) bond motifs is 1. The molecule has 1 unspecified atom stereocenters. The van der Waals surface area contributed by atoms with Crippen LogP contribution in [0.2, 0.25) is 0 Å². The van der Waals surface area contributed by atoms with E-state index in [1.54, 1.807) is 11.0 Å². The molecule has 3 aliphatic heterocycles. The minimum atomic E-state index is -0.670. The Morgan fingerprint density at radius 1 is 0.900 bits per heavy atom. The minimum Gasteiger partial charge on any atom is -0.490 e. The minimum absolute atomic E-state index is 0.0234. The molecule has 0 bridgehead atoms. The highest BCUT2D eigenvalue weighted by atomic mass is 16.5. The number of hydrogen-bond donors (Lipinski definition) is 1. The zero-order valence-corrected chi connectivity index (χ0v) is 22.4. The van der Waals surface area contributed by atoms with Gasteiger partial charge in [0.1, 0.15) is 17.9 Å². The molecule has 3 aromatic carbocycles. The summed E-state index contributed by atoms with van der Waals surface area (Å²) in [4.78, 5) is 54.2. The van der Waals surface area contributed by atoms with Crippen LogP contribution in [0.4, 0.5) is 0 Å². The first kappa shape index (κ1) is 25.8. The van der Waals surface area contributed by atoms with Gasteiger partial charge in [-0.15, -0.1) is 0 Å².